The molecule has 0 bridgehead atoms. The van der Waals surface area contributed by atoms with Crippen LogP contribution in [-0.4, -0.2) is 29.3 Å². The van der Waals surface area contributed by atoms with Crippen molar-refractivity contribution in [3.8, 4) is 5.88 Å². The van der Waals surface area contributed by atoms with Crippen molar-refractivity contribution in [1.29, 1.82) is 0 Å². The molecule has 0 aromatic carbocycles. The zero-order valence-electron chi connectivity index (χ0n) is 11.4. The quantitative estimate of drug-likeness (QED) is 0.438. The first kappa shape index (κ1) is 14.7. The van der Waals surface area contributed by atoms with E-state index < -0.39 is 0 Å². The van der Waals surface area contributed by atoms with Gasteiger partial charge in [-0.2, -0.15) is 4.98 Å². The summed E-state index contributed by atoms with van der Waals surface area (Å²) in [5.74, 6) is 7.33. The Hall–Kier alpha value is -1.40. The van der Waals surface area contributed by atoms with E-state index in [4.69, 9.17) is 15.3 Å². The Balaban J connectivity index is 2.61. The van der Waals surface area contributed by atoms with Crippen molar-refractivity contribution in [1.82, 2.24) is 9.97 Å². The zero-order valence-corrected chi connectivity index (χ0v) is 11.4. The lowest BCUT2D eigenvalue weighted by atomic mass is 10.2. The molecule has 1 aromatic rings. The molecular weight excluding hydrogens is 232 g/mol. The molecule has 0 atom stereocenters. The van der Waals surface area contributed by atoms with E-state index in [-0.39, 0.29) is 12.0 Å². The molecule has 0 radical (unpaired) electrons. The van der Waals surface area contributed by atoms with Gasteiger partial charge in [-0.15, -0.1) is 0 Å². The summed E-state index contributed by atoms with van der Waals surface area (Å²) in [4.78, 5) is 8.56. The van der Waals surface area contributed by atoms with E-state index in [9.17, 15) is 0 Å². The van der Waals surface area contributed by atoms with Crippen molar-refractivity contribution in [2.45, 2.75) is 39.7 Å². The van der Waals surface area contributed by atoms with Gasteiger partial charge in [-0.3, -0.25) is 0 Å². The van der Waals surface area contributed by atoms with E-state index >= 15 is 0 Å². The smallest absolute Gasteiger partial charge is 0.218 e. The summed E-state index contributed by atoms with van der Waals surface area (Å²) in [5.41, 5.74) is 2.51. The summed E-state index contributed by atoms with van der Waals surface area (Å²) in [6.07, 6.45) is 0.200. The first-order chi connectivity index (χ1) is 8.52. The third kappa shape index (κ3) is 4.85. The van der Waals surface area contributed by atoms with Gasteiger partial charge in [0.2, 0.25) is 5.88 Å². The van der Waals surface area contributed by atoms with Crippen molar-refractivity contribution in [3.63, 3.8) is 0 Å². The van der Waals surface area contributed by atoms with Gasteiger partial charge in [0.05, 0.1) is 12.7 Å². The van der Waals surface area contributed by atoms with Crippen molar-refractivity contribution >= 4 is 5.82 Å². The lowest BCUT2D eigenvalue weighted by molar-refractivity contribution is 0.0542. The summed E-state index contributed by atoms with van der Waals surface area (Å²) in [6, 6.07) is 1.67. The molecule has 0 aliphatic heterocycles. The second-order valence-corrected chi connectivity index (χ2v) is 4.52. The number of nitrogens with one attached hydrogen (secondary N) is 1. The highest BCUT2D eigenvalue weighted by Crippen LogP contribution is 2.17. The normalized spacial score (nSPS) is 11.1. The molecule has 0 unspecified atom stereocenters. The SMILES string of the molecule is CC(C)OCCOc1cc(NN)nc(C(C)C)n1. The molecule has 1 heterocycles. The number of anilines is 1. The predicted octanol–water partition coefficient (Wildman–Crippen LogP) is 1.69. The highest BCUT2D eigenvalue weighted by Gasteiger charge is 2.08. The van der Waals surface area contributed by atoms with Crippen LogP contribution in [0.15, 0.2) is 6.07 Å². The van der Waals surface area contributed by atoms with Gasteiger partial charge in [0.1, 0.15) is 18.2 Å². The largest absolute Gasteiger partial charge is 0.475 e. The number of nitrogens with two attached hydrogens (primary N) is 1. The first-order valence-corrected chi connectivity index (χ1v) is 6.13. The van der Waals surface area contributed by atoms with E-state index in [1.54, 1.807) is 6.07 Å². The van der Waals surface area contributed by atoms with Gasteiger partial charge in [0.15, 0.2) is 0 Å². The van der Waals surface area contributed by atoms with Gasteiger partial charge in [-0.1, -0.05) is 13.8 Å². The van der Waals surface area contributed by atoms with Gasteiger partial charge in [-0.25, -0.2) is 10.8 Å². The van der Waals surface area contributed by atoms with E-state index in [1.807, 2.05) is 27.7 Å². The van der Waals surface area contributed by atoms with Crippen LogP contribution in [0.3, 0.4) is 0 Å². The molecule has 0 saturated carbocycles. The summed E-state index contributed by atoms with van der Waals surface area (Å²) >= 11 is 0. The topological polar surface area (TPSA) is 82.3 Å². The van der Waals surface area contributed by atoms with Crippen LogP contribution >= 0.6 is 0 Å². The molecule has 0 aliphatic rings. The molecule has 0 saturated heterocycles. The molecular formula is C12H22N4O2. The van der Waals surface area contributed by atoms with E-state index in [2.05, 4.69) is 15.4 Å². The minimum Gasteiger partial charge on any atom is -0.475 e. The summed E-state index contributed by atoms with van der Waals surface area (Å²) in [6.45, 7) is 8.99. The molecule has 3 N–H and O–H groups in total. The van der Waals surface area contributed by atoms with Crippen LogP contribution in [0.25, 0.3) is 0 Å². The van der Waals surface area contributed by atoms with Gasteiger partial charge >= 0.3 is 0 Å². The molecule has 1 aromatic heterocycles. The third-order valence-corrected chi connectivity index (χ3v) is 2.17. The molecule has 1 rings (SSSR count). The van der Waals surface area contributed by atoms with Gasteiger partial charge < -0.3 is 14.9 Å². The third-order valence-electron chi connectivity index (χ3n) is 2.17. The molecule has 0 fully saturated rings. The number of rotatable bonds is 7. The standard InChI is InChI=1S/C12H22N4O2/c1-8(2)12-14-10(16-13)7-11(15-12)18-6-5-17-9(3)4/h7-9H,5-6,13H2,1-4H3,(H,14,15,16). The van der Waals surface area contributed by atoms with Crippen LogP contribution in [0.5, 0.6) is 5.88 Å². The van der Waals surface area contributed by atoms with E-state index in [0.29, 0.717) is 30.7 Å². The van der Waals surface area contributed by atoms with Gasteiger partial charge in [0, 0.05) is 12.0 Å². The number of aromatic nitrogens is 2. The number of nitrogens with zero attached hydrogens (tertiary/aromatic N) is 2. The summed E-state index contributed by atoms with van der Waals surface area (Å²) < 4.78 is 10.9. The second-order valence-electron chi connectivity index (χ2n) is 4.52. The molecule has 6 nitrogen and oxygen atoms in total. The Morgan fingerprint density at radius 1 is 1.22 bits per heavy atom. The molecule has 0 spiro atoms. The number of hydrogen-bond acceptors (Lipinski definition) is 6. The Labute approximate surface area is 108 Å². The lowest BCUT2D eigenvalue weighted by Gasteiger charge is -2.11. The molecule has 18 heavy (non-hydrogen) atoms. The van der Waals surface area contributed by atoms with Gasteiger partial charge in [0.25, 0.3) is 0 Å². The van der Waals surface area contributed by atoms with Crippen LogP contribution in [0.1, 0.15) is 39.4 Å². The second kappa shape index (κ2) is 7.13. The average molecular weight is 254 g/mol. The minimum atomic E-state index is 0.200. The average Bonchev–Trinajstić information content (AvgIpc) is 2.34. The molecule has 6 heteroatoms. The fourth-order valence-corrected chi connectivity index (χ4v) is 1.28. The van der Waals surface area contributed by atoms with Crippen LogP contribution < -0.4 is 16.0 Å². The number of hydrazine groups is 1. The van der Waals surface area contributed by atoms with Crippen molar-refractivity contribution in [2.75, 3.05) is 18.6 Å². The van der Waals surface area contributed by atoms with Crippen molar-refractivity contribution in [3.05, 3.63) is 11.9 Å². The molecule has 0 amide bonds. The Kier molecular flexibility index (Phi) is 5.80. The number of hydrogen-bond donors (Lipinski definition) is 2. The summed E-state index contributed by atoms with van der Waals surface area (Å²) in [5, 5.41) is 0. The van der Waals surface area contributed by atoms with E-state index in [1.165, 1.54) is 0 Å². The number of ether oxygens (including phenoxy) is 2. The van der Waals surface area contributed by atoms with Crippen LogP contribution in [0.2, 0.25) is 0 Å². The Morgan fingerprint density at radius 3 is 2.50 bits per heavy atom. The molecule has 0 aliphatic carbocycles. The van der Waals surface area contributed by atoms with Crippen LogP contribution in [-0.2, 0) is 4.74 Å². The number of nitrogen functional groups attached to an aromatic ring is 1. The van der Waals surface area contributed by atoms with Crippen LogP contribution in [0, 0.1) is 0 Å². The Morgan fingerprint density at radius 2 is 1.94 bits per heavy atom. The van der Waals surface area contributed by atoms with E-state index in [0.717, 1.165) is 0 Å². The predicted molar refractivity (Wildman–Crippen MR) is 70.5 cm³/mol. The zero-order chi connectivity index (χ0) is 13.5. The highest BCUT2D eigenvalue weighted by molar-refractivity contribution is 5.37. The fraction of sp³-hybridized carbons (Fsp3) is 0.667. The maximum atomic E-state index is 5.52. The monoisotopic (exact) mass is 254 g/mol. The maximum Gasteiger partial charge on any atom is 0.218 e. The van der Waals surface area contributed by atoms with Gasteiger partial charge in [-0.05, 0) is 13.8 Å². The maximum absolute atomic E-state index is 5.52. The van der Waals surface area contributed by atoms with Crippen molar-refractivity contribution in [2.24, 2.45) is 5.84 Å². The summed E-state index contributed by atoms with van der Waals surface area (Å²) in [7, 11) is 0. The van der Waals surface area contributed by atoms with Crippen LogP contribution in [0.4, 0.5) is 5.82 Å². The van der Waals surface area contributed by atoms with Crippen molar-refractivity contribution < 1.29 is 9.47 Å². The fourth-order valence-electron chi connectivity index (χ4n) is 1.28. The highest BCUT2D eigenvalue weighted by atomic mass is 16.5. The molecule has 102 valence electrons. The Bertz CT molecular complexity index is 369. The lowest BCUT2D eigenvalue weighted by Crippen LogP contribution is -2.14. The first-order valence-electron chi connectivity index (χ1n) is 6.13. The minimum absolute atomic E-state index is 0.200.